The average molecular weight is 273 g/mol. The molecule has 1 aromatic carbocycles. The predicted octanol–water partition coefficient (Wildman–Crippen LogP) is 2.35. The number of nitrogens with zero attached hydrogens (tertiary/aromatic N) is 1. The largest absolute Gasteiger partial charge is 0.304 e. The Morgan fingerprint density at radius 2 is 1.95 bits per heavy atom. The van der Waals surface area contributed by atoms with Crippen LogP contribution in [0.4, 0.5) is 0 Å². The minimum Gasteiger partial charge on any atom is -0.304 e. The number of carbonyl (C=O) groups is 2. The summed E-state index contributed by atoms with van der Waals surface area (Å²) in [5, 5.41) is 0. The zero-order valence-electron chi connectivity index (χ0n) is 12.1. The zero-order valence-corrected chi connectivity index (χ0v) is 12.1. The molecule has 3 nitrogen and oxygen atoms in total. The van der Waals surface area contributed by atoms with Crippen LogP contribution < -0.4 is 0 Å². The van der Waals surface area contributed by atoms with Gasteiger partial charge in [0.05, 0.1) is 5.92 Å². The number of hydrogen-bond donors (Lipinski definition) is 0. The molecule has 0 aromatic heterocycles. The lowest BCUT2D eigenvalue weighted by atomic mass is 9.83. The van der Waals surface area contributed by atoms with Gasteiger partial charge in [-0.1, -0.05) is 37.3 Å². The van der Waals surface area contributed by atoms with Crippen LogP contribution in [0, 0.1) is 11.8 Å². The van der Waals surface area contributed by atoms with Crippen LogP contribution in [0.2, 0.25) is 0 Å². The van der Waals surface area contributed by atoms with Crippen LogP contribution in [0.5, 0.6) is 0 Å². The van der Waals surface area contributed by atoms with E-state index < -0.39 is 5.92 Å². The molecule has 2 rings (SSSR count). The first-order valence-electron chi connectivity index (χ1n) is 7.50. The molecule has 1 unspecified atom stereocenters. The van der Waals surface area contributed by atoms with E-state index in [0.717, 1.165) is 44.3 Å². The highest BCUT2D eigenvalue weighted by Gasteiger charge is 2.29. The van der Waals surface area contributed by atoms with E-state index in [-0.39, 0.29) is 11.7 Å². The fourth-order valence-electron chi connectivity index (χ4n) is 2.92. The summed E-state index contributed by atoms with van der Waals surface area (Å²) in [6.07, 6.45) is 3.16. The second-order valence-electron chi connectivity index (χ2n) is 5.54. The topological polar surface area (TPSA) is 37.4 Å². The summed E-state index contributed by atoms with van der Waals surface area (Å²) in [7, 11) is 0. The first-order valence-corrected chi connectivity index (χ1v) is 7.50. The van der Waals surface area contributed by atoms with E-state index in [1.54, 1.807) is 0 Å². The lowest BCUT2D eigenvalue weighted by molar-refractivity contribution is -0.131. The smallest absolute Gasteiger partial charge is 0.146 e. The molecule has 1 fully saturated rings. The van der Waals surface area contributed by atoms with Crippen molar-refractivity contribution < 1.29 is 9.59 Å². The van der Waals surface area contributed by atoms with Gasteiger partial charge in [-0.25, -0.2) is 0 Å². The number of likely N-dealkylation sites (tertiary alicyclic amines) is 1. The van der Waals surface area contributed by atoms with Crippen LogP contribution in [0.3, 0.4) is 0 Å². The summed E-state index contributed by atoms with van der Waals surface area (Å²) in [6.45, 7) is 5.14. The molecule has 0 bridgehead atoms. The van der Waals surface area contributed by atoms with E-state index in [9.17, 15) is 9.59 Å². The van der Waals surface area contributed by atoms with Crippen molar-refractivity contribution in [1.82, 2.24) is 4.90 Å². The minimum atomic E-state index is -0.476. The van der Waals surface area contributed by atoms with Gasteiger partial charge in [0.15, 0.2) is 0 Å². The molecule has 1 atom stereocenters. The van der Waals surface area contributed by atoms with Crippen LogP contribution in [0.1, 0.15) is 25.3 Å². The highest BCUT2D eigenvalue weighted by molar-refractivity contribution is 5.95. The second-order valence-corrected chi connectivity index (χ2v) is 5.54. The maximum Gasteiger partial charge on any atom is 0.146 e. The summed E-state index contributed by atoms with van der Waals surface area (Å²) in [5.41, 5.74) is 1.06. The molecule has 0 radical (unpaired) electrons. The predicted molar refractivity (Wildman–Crippen MR) is 79.5 cm³/mol. The normalized spacial score (nSPS) is 18.6. The van der Waals surface area contributed by atoms with Crippen LogP contribution in [-0.4, -0.2) is 36.6 Å². The third kappa shape index (κ3) is 3.76. The first-order chi connectivity index (χ1) is 9.74. The van der Waals surface area contributed by atoms with Crippen LogP contribution in [-0.2, 0) is 16.0 Å². The van der Waals surface area contributed by atoms with Crippen molar-refractivity contribution in [2.45, 2.75) is 26.2 Å². The van der Waals surface area contributed by atoms with Gasteiger partial charge in [-0.3, -0.25) is 4.79 Å². The third-order valence-corrected chi connectivity index (χ3v) is 4.27. The molecule has 0 amide bonds. The van der Waals surface area contributed by atoms with Gasteiger partial charge in [0, 0.05) is 5.92 Å². The van der Waals surface area contributed by atoms with Crippen molar-refractivity contribution in [2.75, 3.05) is 19.6 Å². The van der Waals surface area contributed by atoms with E-state index in [2.05, 4.69) is 11.8 Å². The molecule has 0 aliphatic carbocycles. The van der Waals surface area contributed by atoms with Gasteiger partial charge in [-0.2, -0.15) is 0 Å². The van der Waals surface area contributed by atoms with E-state index >= 15 is 0 Å². The Morgan fingerprint density at radius 1 is 1.30 bits per heavy atom. The second kappa shape index (κ2) is 7.34. The molecule has 0 N–H and O–H groups in total. The maximum atomic E-state index is 12.5. The van der Waals surface area contributed by atoms with Gasteiger partial charge >= 0.3 is 0 Å². The molecular weight excluding hydrogens is 250 g/mol. The Balaban J connectivity index is 1.94. The Hall–Kier alpha value is -1.48. The van der Waals surface area contributed by atoms with E-state index in [1.165, 1.54) is 0 Å². The Kier molecular flexibility index (Phi) is 5.48. The number of carbonyl (C=O) groups excluding carboxylic acids is 2. The average Bonchev–Trinajstić information content (AvgIpc) is 2.53. The lowest BCUT2D eigenvalue weighted by Crippen LogP contribution is -2.38. The van der Waals surface area contributed by atoms with Crippen molar-refractivity contribution in [2.24, 2.45) is 11.8 Å². The summed E-state index contributed by atoms with van der Waals surface area (Å²) in [4.78, 5) is 26.1. The molecule has 1 saturated heterocycles. The molecule has 1 aliphatic heterocycles. The SMILES string of the molecule is CCN1CCC(C(=O)C(C=O)Cc2ccccc2)CC1. The van der Waals surface area contributed by atoms with Crippen LogP contribution in [0.25, 0.3) is 0 Å². The van der Waals surface area contributed by atoms with Crippen LogP contribution >= 0.6 is 0 Å². The van der Waals surface area contributed by atoms with Gasteiger partial charge in [-0.15, -0.1) is 0 Å². The van der Waals surface area contributed by atoms with Crippen molar-refractivity contribution in [3.63, 3.8) is 0 Å². The number of piperidine rings is 1. The Bertz CT molecular complexity index is 436. The summed E-state index contributed by atoms with van der Waals surface area (Å²) in [6, 6.07) is 9.79. The van der Waals surface area contributed by atoms with E-state index in [0.29, 0.717) is 6.42 Å². The molecule has 1 aromatic rings. The van der Waals surface area contributed by atoms with Crippen LogP contribution in [0.15, 0.2) is 30.3 Å². The van der Waals surface area contributed by atoms with Crippen molar-refractivity contribution in [3.05, 3.63) is 35.9 Å². The summed E-state index contributed by atoms with van der Waals surface area (Å²) < 4.78 is 0. The highest BCUT2D eigenvalue weighted by atomic mass is 16.1. The van der Waals surface area contributed by atoms with E-state index in [1.807, 2.05) is 30.3 Å². The van der Waals surface area contributed by atoms with Crippen molar-refractivity contribution in [1.29, 1.82) is 0 Å². The van der Waals surface area contributed by atoms with Gasteiger partial charge in [0.25, 0.3) is 0 Å². The maximum absolute atomic E-state index is 12.5. The number of ketones is 1. The molecule has 0 spiro atoms. The Morgan fingerprint density at radius 3 is 2.50 bits per heavy atom. The summed E-state index contributed by atoms with van der Waals surface area (Å²) in [5.74, 6) is -0.271. The van der Waals surface area contributed by atoms with Gasteiger partial charge in [0.1, 0.15) is 12.1 Å². The standard InChI is InChI=1S/C17H23NO2/c1-2-18-10-8-15(9-11-18)17(20)16(13-19)12-14-6-4-3-5-7-14/h3-7,13,15-16H,2,8-12H2,1H3. The minimum absolute atomic E-state index is 0.0664. The third-order valence-electron chi connectivity index (χ3n) is 4.27. The molecule has 108 valence electrons. The Labute approximate surface area is 121 Å². The van der Waals surface area contributed by atoms with E-state index in [4.69, 9.17) is 0 Å². The van der Waals surface area contributed by atoms with Gasteiger partial charge in [-0.05, 0) is 44.5 Å². The fraction of sp³-hybridized carbons (Fsp3) is 0.529. The van der Waals surface area contributed by atoms with Gasteiger partial charge in [0.2, 0.25) is 0 Å². The molecule has 1 aliphatic rings. The molecule has 20 heavy (non-hydrogen) atoms. The number of rotatable bonds is 6. The fourth-order valence-corrected chi connectivity index (χ4v) is 2.92. The number of aldehydes is 1. The number of hydrogen-bond acceptors (Lipinski definition) is 3. The number of benzene rings is 1. The molecule has 0 saturated carbocycles. The summed E-state index contributed by atoms with van der Waals surface area (Å²) >= 11 is 0. The highest BCUT2D eigenvalue weighted by Crippen LogP contribution is 2.22. The molecular formula is C17H23NO2. The van der Waals surface area contributed by atoms with Gasteiger partial charge < -0.3 is 9.69 Å². The first kappa shape index (κ1) is 14.9. The quantitative estimate of drug-likeness (QED) is 0.590. The molecule has 1 heterocycles. The molecule has 3 heteroatoms. The number of Topliss-reactive ketones (excluding diaryl/α,β-unsaturated/α-hetero) is 1. The van der Waals surface area contributed by atoms with Crippen molar-refractivity contribution in [3.8, 4) is 0 Å². The monoisotopic (exact) mass is 273 g/mol. The van der Waals surface area contributed by atoms with Crippen molar-refractivity contribution >= 4 is 12.1 Å². The lowest BCUT2D eigenvalue weighted by Gasteiger charge is -2.31. The zero-order chi connectivity index (χ0) is 14.4.